The van der Waals surface area contributed by atoms with Gasteiger partial charge in [-0.15, -0.1) is 10.2 Å². The number of likely N-dealkylation sites (tertiary alicyclic amines) is 1. The average Bonchev–Trinajstić information content (AvgIpc) is 3.11. The van der Waals surface area contributed by atoms with Gasteiger partial charge in [-0.1, -0.05) is 29.2 Å². The SMILES string of the molecule is CC(=O)N1CCC(NC(=O)CSc2nnc(Nc3ccc(C)c(C)c3)s2)CC1. The van der Waals surface area contributed by atoms with E-state index in [9.17, 15) is 9.59 Å². The summed E-state index contributed by atoms with van der Waals surface area (Å²) in [5.74, 6) is 0.400. The second kappa shape index (κ2) is 9.38. The summed E-state index contributed by atoms with van der Waals surface area (Å²) in [6, 6.07) is 6.30. The molecule has 1 aliphatic rings. The maximum atomic E-state index is 12.2. The zero-order valence-electron chi connectivity index (χ0n) is 16.3. The van der Waals surface area contributed by atoms with Crippen molar-refractivity contribution in [1.82, 2.24) is 20.4 Å². The number of hydrogen-bond acceptors (Lipinski definition) is 7. The molecule has 1 aromatic carbocycles. The van der Waals surface area contributed by atoms with Gasteiger partial charge in [0.25, 0.3) is 0 Å². The van der Waals surface area contributed by atoms with Gasteiger partial charge in [-0.3, -0.25) is 9.59 Å². The van der Waals surface area contributed by atoms with Crippen LogP contribution in [0.15, 0.2) is 22.5 Å². The molecule has 0 saturated carbocycles. The molecule has 2 amide bonds. The van der Waals surface area contributed by atoms with E-state index in [1.165, 1.54) is 34.2 Å². The molecule has 1 saturated heterocycles. The summed E-state index contributed by atoms with van der Waals surface area (Å²) in [5.41, 5.74) is 3.44. The molecule has 2 N–H and O–H groups in total. The molecule has 0 radical (unpaired) electrons. The van der Waals surface area contributed by atoms with E-state index in [4.69, 9.17) is 0 Å². The fourth-order valence-corrected chi connectivity index (χ4v) is 4.58. The Bertz CT molecular complexity index is 847. The molecule has 1 aromatic heterocycles. The van der Waals surface area contributed by atoms with Crippen LogP contribution in [-0.2, 0) is 9.59 Å². The molecule has 0 atom stereocenters. The Morgan fingerprint density at radius 2 is 1.96 bits per heavy atom. The standard InChI is InChI=1S/C19H25N5O2S2/c1-12-4-5-16(10-13(12)2)21-18-22-23-19(28-18)27-11-17(26)20-15-6-8-24(9-7-15)14(3)25/h4-5,10,15H,6-9,11H2,1-3H3,(H,20,26)(H,21,22). The fourth-order valence-electron chi connectivity index (χ4n) is 3.00. The number of benzene rings is 1. The van der Waals surface area contributed by atoms with Gasteiger partial charge < -0.3 is 15.5 Å². The van der Waals surface area contributed by atoms with E-state index in [2.05, 4.69) is 46.8 Å². The van der Waals surface area contributed by atoms with Gasteiger partial charge in [0.1, 0.15) is 0 Å². The summed E-state index contributed by atoms with van der Waals surface area (Å²) < 4.78 is 0.757. The summed E-state index contributed by atoms with van der Waals surface area (Å²) >= 11 is 2.82. The Morgan fingerprint density at radius 3 is 2.64 bits per heavy atom. The lowest BCUT2D eigenvalue weighted by Crippen LogP contribution is -2.46. The first-order chi connectivity index (χ1) is 13.4. The van der Waals surface area contributed by atoms with Crippen LogP contribution >= 0.6 is 23.1 Å². The molecular formula is C19H25N5O2S2. The summed E-state index contributed by atoms with van der Waals surface area (Å²) in [5, 5.41) is 15.3. The Labute approximate surface area is 173 Å². The molecule has 1 aliphatic heterocycles. The van der Waals surface area contributed by atoms with Gasteiger partial charge in [-0.25, -0.2) is 0 Å². The predicted molar refractivity (Wildman–Crippen MR) is 113 cm³/mol. The molecule has 3 rings (SSSR count). The van der Waals surface area contributed by atoms with Crippen molar-refractivity contribution >= 4 is 45.7 Å². The highest BCUT2D eigenvalue weighted by molar-refractivity contribution is 8.01. The lowest BCUT2D eigenvalue weighted by Gasteiger charge is -2.31. The van der Waals surface area contributed by atoms with E-state index in [0.29, 0.717) is 24.0 Å². The summed E-state index contributed by atoms with van der Waals surface area (Å²) in [6.45, 7) is 7.15. The minimum atomic E-state index is -0.00913. The monoisotopic (exact) mass is 419 g/mol. The number of nitrogens with zero attached hydrogens (tertiary/aromatic N) is 3. The molecule has 7 nitrogen and oxygen atoms in total. The van der Waals surface area contributed by atoms with Crippen molar-refractivity contribution in [2.45, 2.75) is 44.0 Å². The van der Waals surface area contributed by atoms with Crippen molar-refractivity contribution in [1.29, 1.82) is 0 Å². The van der Waals surface area contributed by atoms with Crippen LogP contribution in [0, 0.1) is 13.8 Å². The number of aromatic nitrogens is 2. The molecule has 0 bridgehead atoms. The Hall–Kier alpha value is -2.13. The van der Waals surface area contributed by atoms with Gasteiger partial charge in [0, 0.05) is 31.7 Å². The number of aryl methyl sites for hydroxylation is 2. The van der Waals surface area contributed by atoms with Crippen molar-refractivity contribution in [3.05, 3.63) is 29.3 Å². The van der Waals surface area contributed by atoms with E-state index in [1.807, 2.05) is 11.0 Å². The van der Waals surface area contributed by atoms with E-state index in [-0.39, 0.29) is 17.9 Å². The van der Waals surface area contributed by atoms with E-state index in [1.54, 1.807) is 6.92 Å². The minimum absolute atomic E-state index is 0.00913. The van der Waals surface area contributed by atoms with Crippen LogP contribution in [0.3, 0.4) is 0 Å². The maximum absolute atomic E-state index is 12.2. The first-order valence-corrected chi connectivity index (χ1v) is 11.1. The van der Waals surface area contributed by atoms with Crippen LogP contribution in [0.2, 0.25) is 0 Å². The summed E-state index contributed by atoms with van der Waals surface area (Å²) in [7, 11) is 0. The quantitative estimate of drug-likeness (QED) is 0.700. The number of carbonyl (C=O) groups excluding carboxylic acids is 2. The third kappa shape index (κ3) is 5.68. The molecule has 0 aliphatic carbocycles. The lowest BCUT2D eigenvalue weighted by atomic mass is 10.1. The van der Waals surface area contributed by atoms with Crippen LogP contribution in [0.1, 0.15) is 30.9 Å². The molecular weight excluding hydrogens is 394 g/mol. The molecule has 9 heteroatoms. The molecule has 28 heavy (non-hydrogen) atoms. The van der Waals surface area contributed by atoms with Crippen LogP contribution < -0.4 is 10.6 Å². The zero-order chi connectivity index (χ0) is 20.1. The number of thioether (sulfide) groups is 1. The molecule has 150 valence electrons. The van der Waals surface area contributed by atoms with Crippen molar-refractivity contribution in [2.24, 2.45) is 0 Å². The summed E-state index contributed by atoms with van der Waals surface area (Å²) in [6.07, 6.45) is 1.61. The molecule has 0 spiro atoms. The lowest BCUT2D eigenvalue weighted by molar-refractivity contribution is -0.130. The minimum Gasteiger partial charge on any atom is -0.353 e. The van der Waals surface area contributed by atoms with E-state index in [0.717, 1.165) is 22.9 Å². The predicted octanol–water partition coefficient (Wildman–Crippen LogP) is 3.12. The number of amides is 2. The highest BCUT2D eigenvalue weighted by atomic mass is 32.2. The zero-order valence-corrected chi connectivity index (χ0v) is 18.0. The van der Waals surface area contributed by atoms with Crippen LogP contribution in [0.5, 0.6) is 0 Å². The van der Waals surface area contributed by atoms with Crippen LogP contribution in [0.25, 0.3) is 0 Å². The van der Waals surface area contributed by atoms with Gasteiger partial charge in [0.05, 0.1) is 5.75 Å². The number of rotatable bonds is 6. The third-order valence-electron chi connectivity index (χ3n) is 4.80. The van der Waals surface area contributed by atoms with Crippen LogP contribution in [0.4, 0.5) is 10.8 Å². The highest BCUT2D eigenvalue weighted by Crippen LogP contribution is 2.28. The van der Waals surface area contributed by atoms with Gasteiger partial charge in [0.15, 0.2) is 4.34 Å². The normalized spacial score (nSPS) is 14.8. The maximum Gasteiger partial charge on any atom is 0.230 e. The van der Waals surface area contributed by atoms with Crippen molar-refractivity contribution in [2.75, 3.05) is 24.2 Å². The number of nitrogens with one attached hydrogen (secondary N) is 2. The number of piperidine rings is 1. The fraction of sp³-hybridized carbons (Fsp3) is 0.474. The Balaban J connectivity index is 1.43. The first kappa shape index (κ1) is 20.6. The molecule has 1 fully saturated rings. The van der Waals surface area contributed by atoms with E-state index >= 15 is 0 Å². The second-order valence-electron chi connectivity index (χ2n) is 6.93. The topological polar surface area (TPSA) is 87.2 Å². The Kier molecular flexibility index (Phi) is 6.90. The van der Waals surface area contributed by atoms with Crippen molar-refractivity contribution < 1.29 is 9.59 Å². The largest absolute Gasteiger partial charge is 0.353 e. The average molecular weight is 420 g/mol. The first-order valence-electron chi connectivity index (χ1n) is 9.26. The third-order valence-corrected chi connectivity index (χ3v) is 6.77. The number of carbonyl (C=O) groups is 2. The van der Waals surface area contributed by atoms with Gasteiger partial charge >= 0.3 is 0 Å². The van der Waals surface area contributed by atoms with Crippen molar-refractivity contribution in [3.63, 3.8) is 0 Å². The highest BCUT2D eigenvalue weighted by Gasteiger charge is 2.22. The van der Waals surface area contributed by atoms with Gasteiger partial charge in [-0.2, -0.15) is 0 Å². The Morgan fingerprint density at radius 1 is 1.21 bits per heavy atom. The second-order valence-corrected chi connectivity index (χ2v) is 9.13. The number of hydrogen-bond donors (Lipinski definition) is 2. The molecule has 2 heterocycles. The van der Waals surface area contributed by atoms with Gasteiger partial charge in [0.2, 0.25) is 16.9 Å². The van der Waals surface area contributed by atoms with Crippen LogP contribution in [-0.4, -0.2) is 51.8 Å². The molecule has 0 unspecified atom stereocenters. The summed E-state index contributed by atoms with van der Waals surface area (Å²) in [4.78, 5) is 25.4. The van der Waals surface area contributed by atoms with E-state index < -0.39 is 0 Å². The van der Waals surface area contributed by atoms with Crippen molar-refractivity contribution in [3.8, 4) is 0 Å². The molecule has 2 aromatic rings. The number of anilines is 2. The smallest absolute Gasteiger partial charge is 0.230 e. The van der Waals surface area contributed by atoms with Gasteiger partial charge in [-0.05, 0) is 49.9 Å².